The topological polar surface area (TPSA) is 119 Å². The van der Waals surface area contributed by atoms with Gasteiger partial charge in [0.2, 0.25) is 0 Å². The van der Waals surface area contributed by atoms with Crippen LogP contribution in [0.25, 0.3) is 10.8 Å². The van der Waals surface area contributed by atoms with Gasteiger partial charge in [-0.3, -0.25) is 9.32 Å². The Morgan fingerprint density at radius 1 is 1.00 bits per heavy atom. The Balaban J connectivity index is 0.000000380. The Labute approximate surface area is 135 Å². The first-order chi connectivity index (χ1) is 10.9. The second-order valence-corrected chi connectivity index (χ2v) is 5.25. The van der Waals surface area contributed by atoms with Crippen molar-refractivity contribution in [3.8, 4) is 0 Å². The van der Waals surface area contributed by atoms with Crippen LogP contribution >= 0.6 is 7.82 Å². The lowest BCUT2D eigenvalue weighted by Gasteiger charge is -2.04. The minimum Gasteiger partial charge on any atom is -0.463 e. The number of esters is 1. The Bertz CT molecular complexity index is 563. The van der Waals surface area contributed by atoms with Crippen LogP contribution < -0.4 is 5.73 Å². The molecule has 0 amide bonds. The van der Waals surface area contributed by atoms with Crippen LogP contribution in [0.2, 0.25) is 0 Å². The standard InChI is InChI=1S/C10H8.C4H9O6P.CH5N/c1-2-6-10-8-4-3-7-9(10)5-1;1-4(5)9-2-3-10-11(6,7)8;1-2/h1-8H;2-3H2,1H3,(H2,6,7,8);2H2,1H3. The van der Waals surface area contributed by atoms with E-state index in [1.807, 2.05) is 0 Å². The molecule has 0 aromatic heterocycles. The molecule has 0 saturated heterocycles. The molecule has 0 aliphatic carbocycles. The molecule has 0 fully saturated rings. The van der Waals surface area contributed by atoms with Crippen LogP contribution in [-0.2, 0) is 18.6 Å². The van der Waals surface area contributed by atoms with Gasteiger partial charge in [0.25, 0.3) is 0 Å². The normalized spacial score (nSPS) is 9.96. The molecule has 0 spiro atoms. The summed E-state index contributed by atoms with van der Waals surface area (Å²) in [5.41, 5.74) is 4.50. The lowest BCUT2D eigenvalue weighted by molar-refractivity contribution is -0.141. The molecule has 4 N–H and O–H groups in total. The molecule has 128 valence electrons. The molecule has 7 nitrogen and oxygen atoms in total. The number of nitrogens with two attached hydrogens (primary N) is 1. The van der Waals surface area contributed by atoms with Gasteiger partial charge in [0.15, 0.2) is 0 Å². The minimum atomic E-state index is -4.42. The predicted octanol–water partition coefficient (Wildman–Crippen LogP) is 2.07. The highest BCUT2D eigenvalue weighted by Crippen LogP contribution is 2.35. The van der Waals surface area contributed by atoms with Gasteiger partial charge in [-0.1, -0.05) is 48.5 Å². The number of carbonyl (C=O) groups is 1. The third-order valence-electron chi connectivity index (χ3n) is 2.31. The van der Waals surface area contributed by atoms with Crippen molar-refractivity contribution < 1.29 is 28.4 Å². The highest BCUT2D eigenvalue weighted by atomic mass is 31.2. The van der Waals surface area contributed by atoms with E-state index in [0.717, 1.165) is 0 Å². The van der Waals surface area contributed by atoms with Gasteiger partial charge in [0.1, 0.15) is 6.61 Å². The number of phosphoric acid groups is 1. The fraction of sp³-hybridized carbons (Fsp3) is 0.267. The van der Waals surface area contributed by atoms with E-state index in [2.05, 4.69) is 63.5 Å². The molecule has 0 atom stereocenters. The summed E-state index contributed by atoms with van der Waals surface area (Å²) >= 11 is 0. The Morgan fingerprint density at radius 2 is 1.39 bits per heavy atom. The van der Waals surface area contributed by atoms with Crippen molar-refractivity contribution in [2.75, 3.05) is 20.3 Å². The van der Waals surface area contributed by atoms with Crippen molar-refractivity contribution in [2.24, 2.45) is 5.73 Å². The first-order valence-corrected chi connectivity index (χ1v) is 8.26. The molecular weight excluding hydrogens is 321 g/mol. The lowest BCUT2D eigenvalue weighted by atomic mass is 10.1. The molecule has 0 heterocycles. The number of hydrogen-bond acceptors (Lipinski definition) is 5. The number of ether oxygens (including phenoxy) is 1. The summed E-state index contributed by atoms with van der Waals surface area (Å²) < 4.78 is 18.3. The van der Waals surface area contributed by atoms with E-state index in [0.29, 0.717) is 0 Å². The average molecular weight is 343 g/mol. The third kappa shape index (κ3) is 11.5. The maximum Gasteiger partial charge on any atom is 0.469 e. The van der Waals surface area contributed by atoms with Crippen LogP contribution in [0.15, 0.2) is 48.5 Å². The zero-order valence-corrected chi connectivity index (χ0v) is 14.0. The molecule has 0 saturated carbocycles. The lowest BCUT2D eigenvalue weighted by Crippen LogP contribution is -2.06. The maximum absolute atomic E-state index is 10.1. The molecule has 0 unspecified atom stereocenters. The Morgan fingerprint density at radius 3 is 1.70 bits per heavy atom. The van der Waals surface area contributed by atoms with Crippen LogP contribution in [0.4, 0.5) is 0 Å². The van der Waals surface area contributed by atoms with E-state index in [-0.39, 0.29) is 13.2 Å². The summed E-state index contributed by atoms with van der Waals surface area (Å²) in [4.78, 5) is 26.4. The SMILES string of the molecule is CC(=O)OCCOP(=O)(O)O.CN.c1ccc2ccccc2c1. The predicted molar refractivity (Wildman–Crippen MR) is 88.7 cm³/mol. The number of carbonyl (C=O) groups excluding carboxylic acids is 1. The summed E-state index contributed by atoms with van der Waals surface area (Å²) in [5.74, 6) is -0.515. The van der Waals surface area contributed by atoms with Gasteiger partial charge < -0.3 is 20.3 Å². The number of phosphoric ester groups is 1. The maximum atomic E-state index is 10.1. The molecule has 0 radical (unpaired) electrons. The van der Waals surface area contributed by atoms with Gasteiger partial charge in [-0.25, -0.2) is 4.57 Å². The first-order valence-electron chi connectivity index (χ1n) is 6.73. The van der Waals surface area contributed by atoms with Crippen LogP contribution in [-0.4, -0.2) is 36.0 Å². The monoisotopic (exact) mass is 343 g/mol. The van der Waals surface area contributed by atoms with Crippen LogP contribution in [0.5, 0.6) is 0 Å². The second-order valence-electron chi connectivity index (χ2n) is 4.01. The summed E-state index contributed by atoms with van der Waals surface area (Å²) in [6.45, 7) is 0.738. The van der Waals surface area contributed by atoms with E-state index in [4.69, 9.17) is 9.79 Å². The average Bonchev–Trinajstić information content (AvgIpc) is 2.53. The highest BCUT2D eigenvalue weighted by molar-refractivity contribution is 7.46. The fourth-order valence-electron chi connectivity index (χ4n) is 1.47. The van der Waals surface area contributed by atoms with Crippen molar-refractivity contribution in [3.05, 3.63) is 48.5 Å². The van der Waals surface area contributed by atoms with Gasteiger partial charge in [0.05, 0.1) is 6.61 Å². The summed E-state index contributed by atoms with van der Waals surface area (Å²) in [7, 11) is -2.92. The minimum absolute atomic E-state index is 0.152. The number of hydrogen-bond donors (Lipinski definition) is 3. The number of benzene rings is 2. The smallest absolute Gasteiger partial charge is 0.463 e. The molecule has 2 aromatic rings. The highest BCUT2D eigenvalue weighted by Gasteiger charge is 2.12. The van der Waals surface area contributed by atoms with E-state index in [9.17, 15) is 9.36 Å². The first kappa shape index (κ1) is 21.2. The summed E-state index contributed by atoms with van der Waals surface area (Å²) in [5, 5.41) is 2.62. The van der Waals surface area contributed by atoms with E-state index in [1.54, 1.807) is 0 Å². The fourth-order valence-corrected chi connectivity index (χ4v) is 1.79. The zero-order valence-electron chi connectivity index (χ0n) is 13.1. The quantitative estimate of drug-likeness (QED) is 0.442. The van der Waals surface area contributed by atoms with Crippen molar-refractivity contribution in [1.29, 1.82) is 0 Å². The summed E-state index contributed by atoms with van der Waals surface area (Å²) in [6.07, 6.45) is 0. The molecule has 2 aromatic carbocycles. The molecule has 23 heavy (non-hydrogen) atoms. The van der Waals surface area contributed by atoms with Crippen molar-refractivity contribution in [3.63, 3.8) is 0 Å². The van der Waals surface area contributed by atoms with Crippen LogP contribution in [0, 0.1) is 0 Å². The Kier molecular flexibility index (Phi) is 10.9. The number of rotatable bonds is 4. The zero-order chi connectivity index (χ0) is 17.7. The Hall–Kier alpha value is -1.76. The van der Waals surface area contributed by atoms with E-state index >= 15 is 0 Å². The van der Waals surface area contributed by atoms with Crippen molar-refractivity contribution in [2.45, 2.75) is 6.92 Å². The molecule has 0 aliphatic rings. The van der Waals surface area contributed by atoms with Gasteiger partial charge in [-0.05, 0) is 17.8 Å². The van der Waals surface area contributed by atoms with Crippen molar-refractivity contribution in [1.82, 2.24) is 0 Å². The molecule has 2 rings (SSSR count). The number of fused-ring (bicyclic) bond motifs is 1. The molecule has 8 heteroatoms. The van der Waals surface area contributed by atoms with Gasteiger partial charge in [0, 0.05) is 6.92 Å². The molecule has 0 bridgehead atoms. The van der Waals surface area contributed by atoms with Crippen molar-refractivity contribution >= 4 is 24.6 Å². The van der Waals surface area contributed by atoms with Crippen LogP contribution in [0.1, 0.15) is 6.92 Å². The van der Waals surface area contributed by atoms with E-state index in [1.165, 1.54) is 24.7 Å². The van der Waals surface area contributed by atoms with Gasteiger partial charge in [-0.15, -0.1) is 0 Å². The van der Waals surface area contributed by atoms with Gasteiger partial charge in [-0.2, -0.15) is 0 Å². The largest absolute Gasteiger partial charge is 0.469 e. The second kappa shape index (κ2) is 11.8. The van der Waals surface area contributed by atoms with E-state index < -0.39 is 13.8 Å². The van der Waals surface area contributed by atoms with Crippen LogP contribution in [0.3, 0.4) is 0 Å². The molecule has 0 aliphatic heterocycles. The third-order valence-corrected chi connectivity index (χ3v) is 2.83. The van der Waals surface area contributed by atoms with Gasteiger partial charge >= 0.3 is 13.8 Å². The summed E-state index contributed by atoms with van der Waals surface area (Å²) in [6, 6.07) is 16.7. The molecular formula is C15H22NO6P.